The minimum absolute atomic E-state index is 0.195. The third-order valence-electron chi connectivity index (χ3n) is 2.98. The Morgan fingerprint density at radius 2 is 2.12 bits per heavy atom. The predicted molar refractivity (Wildman–Crippen MR) is 69.6 cm³/mol. The van der Waals surface area contributed by atoms with E-state index in [9.17, 15) is 0 Å². The second kappa shape index (κ2) is 5.83. The molecule has 0 aromatic heterocycles. The van der Waals surface area contributed by atoms with Crippen molar-refractivity contribution in [3.8, 4) is 0 Å². The lowest BCUT2D eigenvalue weighted by atomic mass is 9.96. The largest absolute Gasteiger partial charge is 0.381 e. The molecule has 0 aromatic rings. The molecule has 2 nitrogen and oxygen atoms in total. The summed E-state index contributed by atoms with van der Waals surface area (Å²) in [5.74, 6) is 1.26. The van der Waals surface area contributed by atoms with Crippen LogP contribution in [0.5, 0.6) is 0 Å². The van der Waals surface area contributed by atoms with Crippen LogP contribution in [0.1, 0.15) is 41.0 Å². The first kappa shape index (κ1) is 13.7. The fourth-order valence-electron chi connectivity index (χ4n) is 1.81. The number of hydrogen-bond acceptors (Lipinski definition) is 2. The Morgan fingerprint density at radius 1 is 1.44 bits per heavy atom. The molecule has 0 spiro atoms. The molecule has 1 atom stereocenters. The molecule has 1 saturated heterocycles. The molecule has 0 saturated carbocycles. The number of rotatable bonds is 4. The van der Waals surface area contributed by atoms with Gasteiger partial charge in [-0.1, -0.05) is 25.5 Å². The van der Waals surface area contributed by atoms with E-state index in [-0.39, 0.29) is 5.54 Å². The normalized spacial score (nSPS) is 23.1. The Bertz CT molecular complexity index is 232. The maximum atomic E-state index is 5.42. The quantitative estimate of drug-likeness (QED) is 0.743. The van der Waals surface area contributed by atoms with Crippen LogP contribution < -0.4 is 5.32 Å². The molecule has 16 heavy (non-hydrogen) atoms. The highest BCUT2D eigenvalue weighted by Crippen LogP contribution is 2.19. The average Bonchev–Trinajstić information content (AvgIpc) is 2.62. The van der Waals surface area contributed by atoms with Crippen molar-refractivity contribution in [2.24, 2.45) is 11.8 Å². The first-order chi connectivity index (χ1) is 7.38. The van der Waals surface area contributed by atoms with E-state index in [1.54, 1.807) is 0 Å². The molecule has 1 unspecified atom stereocenters. The summed E-state index contributed by atoms with van der Waals surface area (Å²) in [7, 11) is 0. The molecule has 0 bridgehead atoms. The van der Waals surface area contributed by atoms with E-state index >= 15 is 0 Å². The zero-order chi connectivity index (χ0) is 12.2. The topological polar surface area (TPSA) is 21.3 Å². The first-order valence-corrected chi connectivity index (χ1v) is 6.42. The number of ether oxygens (including phenoxy) is 1. The van der Waals surface area contributed by atoms with Crippen LogP contribution in [0.25, 0.3) is 0 Å². The molecule has 0 aromatic carbocycles. The summed E-state index contributed by atoms with van der Waals surface area (Å²) in [4.78, 5) is 0. The lowest BCUT2D eigenvalue weighted by molar-refractivity contribution is 0.191. The van der Waals surface area contributed by atoms with Crippen LogP contribution in [0.15, 0.2) is 11.6 Å². The van der Waals surface area contributed by atoms with Gasteiger partial charge >= 0.3 is 0 Å². The molecule has 1 rings (SSSR count). The number of hydrogen-bond donors (Lipinski definition) is 1. The summed E-state index contributed by atoms with van der Waals surface area (Å²) in [5, 5.41) is 3.57. The Kier molecular flexibility index (Phi) is 5.00. The Hall–Kier alpha value is -0.340. The van der Waals surface area contributed by atoms with Gasteiger partial charge < -0.3 is 10.1 Å². The van der Waals surface area contributed by atoms with Crippen molar-refractivity contribution in [1.82, 2.24) is 5.32 Å². The second-order valence-electron chi connectivity index (χ2n) is 6.12. The third kappa shape index (κ3) is 5.13. The zero-order valence-electron chi connectivity index (χ0n) is 11.5. The van der Waals surface area contributed by atoms with Gasteiger partial charge in [0.2, 0.25) is 0 Å². The molecular formula is C14H27NO. The monoisotopic (exact) mass is 225 g/mol. The molecular weight excluding hydrogens is 198 g/mol. The first-order valence-electron chi connectivity index (χ1n) is 6.42. The van der Waals surface area contributed by atoms with Crippen LogP contribution in [0, 0.1) is 11.8 Å². The van der Waals surface area contributed by atoms with E-state index in [1.165, 1.54) is 12.0 Å². The van der Waals surface area contributed by atoms with E-state index in [1.807, 2.05) is 0 Å². The summed E-state index contributed by atoms with van der Waals surface area (Å²) in [6.07, 6.45) is 3.61. The van der Waals surface area contributed by atoms with Gasteiger partial charge in [-0.15, -0.1) is 0 Å². The van der Waals surface area contributed by atoms with E-state index in [2.05, 4.69) is 46.0 Å². The standard InChI is InChI=1S/C14H27NO/c1-11(2)13(9-15-14(3,4)5)8-12-6-7-16-10-12/h8,11-12,15H,6-7,9-10H2,1-5H3/b13-8-. The highest BCUT2D eigenvalue weighted by atomic mass is 16.5. The van der Waals surface area contributed by atoms with Gasteiger partial charge in [-0.05, 0) is 33.1 Å². The van der Waals surface area contributed by atoms with Crippen molar-refractivity contribution < 1.29 is 4.74 Å². The molecule has 1 aliphatic heterocycles. The van der Waals surface area contributed by atoms with Gasteiger partial charge in [0.25, 0.3) is 0 Å². The van der Waals surface area contributed by atoms with Gasteiger partial charge in [-0.2, -0.15) is 0 Å². The summed E-state index contributed by atoms with van der Waals surface area (Å²) in [6.45, 7) is 14.0. The predicted octanol–water partition coefficient (Wildman–Crippen LogP) is 2.99. The van der Waals surface area contributed by atoms with Gasteiger partial charge in [-0.25, -0.2) is 0 Å². The average molecular weight is 225 g/mol. The molecule has 0 radical (unpaired) electrons. The van der Waals surface area contributed by atoms with Crippen LogP contribution in [0.4, 0.5) is 0 Å². The highest BCUT2D eigenvalue weighted by Gasteiger charge is 2.16. The Balaban J connectivity index is 2.53. The van der Waals surface area contributed by atoms with Crippen LogP contribution in [-0.4, -0.2) is 25.3 Å². The maximum absolute atomic E-state index is 5.42. The minimum atomic E-state index is 0.195. The van der Waals surface area contributed by atoms with Gasteiger partial charge in [0.05, 0.1) is 6.61 Å². The maximum Gasteiger partial charge on any atom is 0.0529 e. The van der Waals surface area contributed by atoms with Crippen LogP contribution in [-0.2, 0) is 4.74 Å². The Morgan fingerprint density at radius 3 is 2.56 bits per heavy atom. The third-order valence-corrected chi connectivity index (χ3v) is 2.98. The zero-order valence-corrected chi connectivity index (χ0v) is 11.5. The smallest absolute Gasteiger partial charge is 0.0529 e. The van der Waals surface area contributed by atoms with Crippen molar-refractivity contribution in [2.75, 3.05) is 19.8 Å². The summed E-state index contributed by atoms with van der Waals surface area (Å²) >= 11 is 0. The molecule has 0 aliphatic carbocycles. The van der Waals surface area contributed by atoms with Crippen molar-refractivity contribution in [3.63, 3.8) is 0 Å². The van der Waals surface area contributed by atoms with Gasteiger partial charge in [-0.3, -0.25) is 0 Å². The van der Waals surface area contributed by atoms with E-state index < -0.39 is 0 Å². The lowest BCUT2D eigenvalue weighted by Crippen LogP contribution is -2.37. The van der Waals surface area contributed by atoms with Crippen molar-refractivity contribution in [3.05, 3.63) is 11.6 Å². The van der Waals surface area contributed by atoms with Crippen molar-refractivity contribution in [1.29, 1.82) is 0 Å². The summed E-state index contributed by atoms with van der Waals surface area (Å²) in [6, 6.07) is 0. The minimum Gasteiger partial charge on any atom is -0.381 e. The molecule has 1 fully saturated rings. The van der Waals surface area contributed by atoms with E-state index in [0.29, 0.717) is 11.8 Å². The van der Waals surface area contributed by atoms with Crippen LogP contribution in [0.3, 0.4) is 0 Å². The summed E-state index contributed by atoms with van der Waals surface area (Å²) in [5.41, 5.74) is 1.71. The Labute approximate surface area is 100 Å². The SMILES string of the molecule is CC(C)/C(=C\C1CCOC1)CNC(C)(C)C. The highest BCUT2D eigenvalue weighted by molar-refractivity contribution is 5.10. The van der Waals surface area contributed by atoms with Crippen molar-refractivity contribution in [2.45, 2.75) is 46.6 Å². The van der Waals surface area contributed by atoms with Gasteiger partial charge in [0.15, 0.2) is 0 Å². The molecule has 1 N–H and O–H groups in total. The number of nitrogens with one attached hydrogen (secondary N) is 1. The van der Waals surface area contributed by atoms with Gasteiger partial charge in [0, 0.05) is 24.6 Å². The molecule has 0 amide bonds. The fourth-order valence-corrected chi connectivity index (χ4v) is 1.81. The summed E-state index contributed by atoms with van der Waals surface area (Å²) < 4.78 is 5.42. The second-order valence-corrected chi connectivity index (χ2v) is 6.12. The molecule has 1 aliphatic rings. The molecule has 2 heteroatoms. The van der Waals surface area contributed by atoms with Crippen molar-refractivity contribution >= 4 is 0 Å². The molecule has 94 valence electrons. The van der Waals surface area contributed by atoms with Gasteiger partial charge in [0.1, 0.15) is 0 Å². The molecule has 1 heterocycles. The van der Waals surface area contributed by atoms with E-state index in [4.69, 9.17) is 4.74 Å². The van der Waals surface area contributed by atoms with Crippen LogP contribution in [0.2, 0.25) is 0 Å². The lowest BCUT2D eigenvalue weighted by Gasteiger charge is -2.23. The van der Waals surface area contributed by atoms with Crippen LogP contribution >= 0.6 is 0 Å². The fraction of sp³-hybridized carbons (Fsp3) is 0.857. The van der Waals surface area contributed by atoms with E-state index in [0.717, 1.165) is 19.8 Å².